The Morgan fingerprint density at radius 3 is 2.71 bits per heavy atom. The molecule has 6 heteroatoms. The zero-order valence-electron chi connectivity index (χ0n) is 14.8. The van der Waals surface area contributed by atoms with E-state index in [9.17, 15) is 4.79 Å². The molecule has 3 rings (SSSR count). The number of amides is 1. The normalized spacial score (nSPS) is 21.2. The van der Waals surface area contributed by atoms with Crippen molar-refractivity contribution in [2.45, 2.75) is 51.0 Å². The van der Waals surface area contributed by atoms with Crippen LogP contribution in [0.4, 0.5) is 5.82 Å². The van der Waals surface area contributed by atoms with Gasteiger partial charge in [0.05, 0.1) is 6.54 Å². The minimum atomic E-state index is 0.0277. The molecular weight excluding hydrogens is 304 g/mol. The summed E-state index contributed by atoms with van der Waals surface area (Å²) in [6.45, 7) is 1.46. The molecule has 0 radical (unpaired) electrons. The van der Waals surface area contributed by atoms with Gasteiger partial charge in [0.25, 0.3) is 0 Å². The number of hydrogen-bond donors (Lipinski definition) is 0. The molecule has 1 aliphatic heterocycles. The molecule has 1 aromatic heterocycles. The lowest BCUT2D eigenvalue weighted by molar-refractivity contribution is -0.130. The van der Waals surface area contributed by atoms with Crippen LogP contribution in [0.15, 0.2) is 12.1 Å². The molecule has 1 atom stereocenters. The van der Waals surface area contributed by atoms with Crippen LogP contribution in [0.5, 0.6) is 5.88 Å². The Balaban J connectivity index is 1.43. The lowest BCUT2D eigenvalue weighted by Gasteiger charge is -2.18. The van der Waals surface area contributed by atoms with Gasteiger partial charge in [-0.25, -0.2) is 0 Å². The first-order chi connectivity index (χ1) is 11.6. The van der Waals surface area contributed by atoms with Gasteiger partial charge < -0.3 is 14.5 Å². The molecule has 132 valence electrons. The van der Waals surface area contributed by atoms with Crippen molar-refractivity contribution in [1.29, 1.82) is 0 Å². The maximum absolute atomic E-state index is 12.4. The highest BCUT2D eigenvalue weighted by Crippen LogP contribution is 2.29. The first-order valence-corrected chi connectivity index (χ1v) is 9.07. The summed E-state index contributed by atoms with van der Waals surface area (Å²) in [5.74, 6) is 2.39. The highest BCUT2D eigenvalue weighted by Gasteiger charge is 2.28. The average Bonchev–Trinajstić information content (AvgIpc) is 3.25. The number of carbonyl (C=O) groups excluding carboxylic acids is 1. The molecule has 1 aliphatic carbocycles. The molecule has 6 nitrogen and oxygen atoms in total. The van der Waals surface area contributed by atoms with Crippen molar-refractivity contribution >= 4 is 11.7 Å². The third-order valence-electron chi connectivity index (χ3n) is 5.11. The molecular formula is C18H28N4O2. The molecule has 0 aromatic carbocycles. The Morgan fingerprint density at radius 2 is 2.04 bits per heavy atom. The predicted molar refractivity (Wildman–Crippen MR) is 93.2 cm³/mol. The van der Waals surface area contributed by atoms with Crippen molar-refractivity contribution in [2.75, 3.05) is 32.1 Å². The fraction of sp³-hybridized carbons (Fsp3) is 0.722. The molecule has 1 aromatic rings. The molecule has 2 aliphatic rings. The van der Waals surface area contributed by atoms with Crippen LogP contribution in [0.1, 0.15) is 44.9 Å². The van der Waals surface area contributed by atoms with E-state index in [1.165, 1.54) is 25.7 Å². The van der Waals surface area contributed by atoms with Gasteiger partial charge in [0.2, 0.25) is 11.8 Å². The zero-order chi connectivity index (χ0) is 16.9. The molecule has 1 amide bonds. The van der Waals surface area contributed by atoms with E-state index in [0.29, 0.717) is 18.8 Å². The van der Waals surface area contributed by atoms with E-state index < -0.39 is 0 Å². The van der Waals surface area contributed by atoms with Gasteiger partial charge in [0.1, 0.15) is 6.10 Å². The Labute approximate surface area is 144 Å². The minimum Gasteiger partial charge on any atom is -0.471 e. The molecule has 2 fully saturated rings. The van der Waals surface area contributed by atoms with Gasteiger partial charge >= 0.3 is 0 Å². The highest BCUT2D eigenvalue weighted by molar-refractivity contribution is 5.76. The van der Waals surface area contributed by atoms with Crippen LogP contribution in [0.3, 0.4) is 0 Å². The summed E-state index contributed by atoms with van der Waals surface area (Å²) < 4.78 is 5.88. The summed E-state index contributed by atoms with van der Waals surface area (Å²) in [5, 5.41) is 8.22. The van der Waals surface area contributed by atoms with Crippen LogP contribution in [-0.2, 0) is 4.79 Å². The lowest BCUT2D eigenvalue weighted by atomic mass is 10.0. The van der Waals surface area contributed by atoms with E-state index in [-0.39, 0.29) is 12.0 Å². The van der Waals surface area contributed by atoms with Crippen molar-refractivity contribution in [1.82, 2.24) is 15.1 Å². The van der Waals surface area contributed by atoms with Crippen LogP contribution < -0.4 is 9.64 Å². The van der Waals surface area contributed by atoms with E-state index >= 15 is 0 Å². The topological polar surface area (TPSA) is 58.6 Å². The number of anilines is 1. The fourth-order valence-corrected chi connectivity index (χ4v) is 3.62. The Bertz CT molecular complexity index is 540. The van der Waals surface area contributed by atoms with E-state index in [4.69, 9.17) is 4.74 Å². The van der Waals surface area contributed by atoms with Crippen LogP contribution in [0.25, 0.3) is 0 Å². The number of aromatic nitrogens is 2. The summed E-state index contributed by atoms with van der Waals surface area (Å²) in [5.41, 5.74) is 0. The number of hydrogen-bond acceptors (Lipinski definition) is 5. The number of likely N-dealkylation sites (tertiary alicyclic amines) is 1. The Hall–Kier alpha value is -1.85. The molecule has 24 heavy (non-hydrogen) atoms. The smallest absolute Gasteiger partial charge is 0.233 e. The van der Waals surface area contributed by atoms with Gasteiger partial charge in [0, 0.05) is 39.5 Å². The standard InChI is InChI=1S/C18H28N4O2/c1-21(2)16-8-9-17(20-19-16)24-15-11-12-22(13-15)18(23)10-7-14-5-3-4-6-14/h8-9,14-15H,3-7,10-13H2,1-2H3/t15-/m1/s1. The molecule has 0 N–H and O–H groups in total. The summed E-state index contributed by atoms with van der Waals surface area (Å²) >= 11 is 0. The monoisotopic (exact) mass is 332 g/mol. The number of carbonyl (C=O) groups is 1. The number of rotatable bonds is 6. The molecule has 2 heterocycles. The SMILES string of the molecule is CN(C)c1ccc(O[C@@H]2CCN(C(=O)CCC3CCCC3)C2)nn1. The van der Waals surface area contributed by atoms with Gasteiger partial charge in [-0.15, -0.1) is 10.2 Å². The molecule has 1 saturated carbocycles. The summed E-state index contributed by atoms with van der Waals surface area (Å²) in [6, 6.07) is 3.73. The first kappa shape index (κ1) is 17.0. The summed E-state index contributed by atoms with van der Waals surface area (Å²) in [4.78, 5) is 16.2. The van der Waals surface area contributed by atoms with Gasteiger partial charge in [0.15, 0.2) is 5.82 Å². The second-order valence-electron chi connectivity index (χ2n) is 7.18. The maximum atomic E-state index is 12.4. The zero-order valence-corrected chi connectivity index (χ0v) is 14.8. The van der Waals surface area contributed by atoms with Crippen LogP contribution in [0, 0.1) is 5.92 Å². The second-order valence-corrected chi connectivity index (χ2v) is 7.18. The second kappa shape index (κ2) is 7.81. The molecule has 0 unspecified atom stereocenters. The lowest BCUT2D eigenvalue weighted by Crippen LogP contribution is -2.31. The predicted octanol–water partition coefficient (Wildman–Crippen LogP) is 2.49. The third kappa shape index (κ3) is 4.36. The average molecular weight is 332 g/mol. The van der Waals surface area contributed by atoms with Crippen molar-refractivity contribution in [3.05, 3.63) is 12.1 Å². The molecule has 0 bridgehead atoms. The van der Waals surface area contributed by atoms with E-state index in [0.717, 1.165) is 31.1 Å². The first-order valence-electron chi connectivity index (χ1n) is 9.07. The van der Waals surface area contributed by atoms with Gasteiger partial charge in [-0.1, -0.05) is 25.7 Å². The quantitative estimate of drug-likeness (QED) is 0.801. The van der Waals surface area contributed by atoms with Gasteiger partial charge in [-0.2, -0.15) is 0 Å². The Kier molecular flexibility index (Phi) is 5.53. The van der Waals surface area contributed by atoms with Crippen molar-refractivity contribution in [2.24, 2.45) is 5.92 Å². The van der Waals surface area contributed by atoms with Gasteiger partial charge in [-0.05, 0) is 18.4 Å². The summed E-state index contributed by atoms with van der Waals surface area (Å²) in [6.07, 6.45) is 7.93. The molecule has 0 spiro atoms. The van der Waals surface area contributed by atoms with Crippen molar-refractivity contribution in [3.8, 4) is 5.88 Å². The largest absolute Gasteiger partial charge is 0.471 e. The molecule has 1 saturated heterocycles. The van der Waals surface area contributed by atoms with Crippen LogP contribution >= 0.6 is 0 Å². The van der Waals surface area contributed by atoms with Crippen LogP contribution in [-0.4, -0.2) is 54.3 Å². The summed E-state index contributed by atoms with van der Waals surface area (Å²) in [7, 11) is 3.85. The van der Waals surface area contributed by atoms with E-state index in [2.05, 4.69) is 10.2 Å². The fourth-order valence-electron chi connectivity index (χ4n) is 3.62. The highest BCUT2D eigenvalue weighted by atomic mass is 16.5. The number of ether oxygens (including phenoxy) is 1. The third-order valence-corrected chi connectivity index (χ3v) is 5.11. The van der Waals surface area contributed by atoms with Crippen molar-refractivity contribution in [3.63, 3.8) is 0 Å². The minimum absolute atomic E-state index is 0.0277. The maximum Gasteiger partial charge on any atom is 0.233 e. The van der Waals surface area contributed by atoms with E-state index in [1.807, 2.05) is 36.0 Å². The van der Waals surface area contributed by atoms with Gasteiger partial charge in [-0.3, -0.25) is 4.79 Å². The Morgan fingerprint density at radius 1 is 1.25 bits per heavy atom. The van der Waals surface area contributed by atoms with Crippen molar-refractivity contribution < 1.29 is 9.53 Å². The van der Waals surface area contributed by atoms with E-state index in [1.54, 1.807) is 0 Å². The van der Waals surface area contributed by atoms with Crippen LogP contribution in [0.2, 0.25) is 0 Å². The number of nitrogens with zero attached hydrogens (tertiary/aromatic N) is 4.